The first-order valence-electron chi connectivity index (χ1n) is 8.08. The van der Waals surface area contributed by atoms with Gasteiger partial charge >= 0.3 is 0 Å². The molecule has 0 aromatic heterocycles. The highest BCUT2D eigenvalue weighted by molar-refractivity contribution is 7.89. The third-order valence-corrected chi connectivity index (χ3v) is 5.74. The smallest absolute Gasteiger partial charge is 0.240 e. The van der Waals surface area contributed by atoms with Gasteiger partial charge in [0.2, 0.25) is 10.0 Å². The van der Waals surface area contributed by atoms with Gasteiger partial charge in [0.05, 0.1) is 4.90 Å². The Morgan fingerprint density at radius 1 is 1.12 bits per heavy atom. The Kier molecular flexibility index (Phi) is 5.18. The fourth-order valence-corrected chi connectivity index (χ4v) is 4.18. The summed E-state index contributed by atoms with van der Waals surface area (Å²) in [5, 5.41) is 9.53. The van der Waals surface area contributed by atoms with Crippen molar-refractivity contribution < 1.29 is 13.5 Å². The molecule has 1 aliphatic rings. The standard InChI is InChI=1S/C18H22N2O3S/c21-17-6-4-5-15(11-17)13-20-10-9-16(14-20)12-19-24(22,23)18-7-2-1-3-8-18/h1-8,11,16,19,21H,9-10,12-14H2/t16-/m0/s1. The maximum Gasteiger partial charge on any atom is 0.240 e. The summed E-state index contributed by atoms with van der Waals surface area (Å²) in [6.07, 6.45) is 0.968. The molecule has 2 aromatic carbocycles. The molecule has 0 bridgehead atoms. The molecule has 0 aliphatic carbocycles. The molecule has 0 amide bonds. The summed E-state index contributed by atoms with van der Waals surface area (Å²) >= 11 is 0. The van der Waals surface area contributed by atoms with Crippen LogP contribution in [0.5, 0.6) is 5.75 Å². The van der Waals surface area contributed by atoms with Gasteiger partial charge in [0.1, 0.15) is 5.75 Å². The van der Waals surface area contributed by atoms with Gasteiger partial charge in [-0.15, -0.1) is 0 Å². The lowest BCUT2D eigenvalue weighted by Gasteiger charge is -2.16. The maximum absolute atomic E-state index is 12.2. The summed E-state index contributed by atoms with van der Waals surface area (Å²) < 4.78 is 27.2. The summed E-state index contributed by atoms with van der Waals surface area (Å²) in [7, 11) is -3.43. The van der Waals surface area contributed by atoms with Gasteiger partial charge in [0.25, 0.3) is 0 Å². The van der Waals surface area contributed by atoms with E-state index in [4.69, 9.17) is 0 Å². The number of likely N-dealkylation sites (tertiary alicyclic amines) is 1. The third-order valence-electron chi connectivity index (χ3n) is 4.30. The van der Waals surface area contributed by atoms with Crippen LogP contribution in [0.15, 0.2) is 59.5 Å². The first kappa shape index (κ1) is 17.0. The van der Waals surface area contributed by atoms with E-state index in [1.807, 2.05) is 12.1 Å². The molecule has 0 radical (unpaired) electrons. The molecule has 3 rings (SSSR count). The predicted molar refractivity (Wildman–Crippen MR) is 93.1 cm³/mol. The van der Waals surface area contributed by atoms with Crippen molar-refractivity contribution in [3.8, 4) is 5.75 Å². The lowest BCUT2D eigenvalue weighted by molar-refractivity contribution is 0.316. The van der Waals surface area contributed by atoms with Crippen LogP contribution in [0.2, 0.25) is 0 Å². The highest BCUT2D eigenvalue weighted by atomic mass is 32.2. The molecule has 24 heavy (non-hydrogen) atoms. The molecule has 2 aromatic rings. The largest absolute Gasteiger partial charge is 0.508 e. The minimum atomic E-state index is -3.43. The Morgan fingerprint density at radius 3 is 2.67 bits per heavy atom. The molecule has 0 saturated carbocycles. The maximum atomic E-state index is 12.2. The average Bonchev–Trinajstić information content (AvgIpc) is 3.01. The van der Waals surface area contributed by atoms with Crippen molar-refractivity contribution in [1.82, 2.24) is 9.62 Å². The topological polar surface area (TPSA) is 69.6 Å². The first-order valence-corrected chi connectivity index (χ1v) is 9.56. The number of nitrogens with one attached hydrogen (secondary N) is 1. The van der Waals surface area contributed by atoms with Crippen molar-refractivity contribution in [3.05, 3.63) is 60.2 Å². The quantitative estimate of drug-likeness (QED) is 0.841. The predicted octanol–water partition coefficient (Wildman–Crippen LogP) is 2.19. The van der Waals surface area contributed by atoms with E-state index in [-0.39, 0.29) is 5.75 Å². The zero-order valence-corrected chi connectivity index (χ0v) is 14.2. The summed E-state index contributed by atoms with van der Waals surface area (Å²) in [4.78, 5) is 2.59. The summed E-state index contributed by atoms with van der Waals surface area (Å²) in [5.74, 6) is 0.583. The second-order valence-electron chi connectivity index (χ2n) is 6.22. The van der Waals surface area contributed by atoms with E-state index in [2.05, 4.69) is 9.62 Å². The van der Waals surface area contributed by atoms with E-state index in [0.717, 1.165) is 31.6 Å². The molecular formula is C18H22N2O3S. The van der Waals surface area contributed by atoms with E-state index in [1.54, 1.807) is 42.5 Å². The van der Waals surface area contributed by atoms with E-state index < -0.39 is 10.0 Å². The number of sulfonamides is 1. The number of phenolic OH excluding ortho intramolecular Hbond substituents is 1. The van der Waals surface area contributed by atoms with Gasteiger partial charge in [0.15, 0.2) is 0 Å². The molecular weight excluding hydrogens is 324 g/mol. The van der Waals surface area contributed by atoms with Crippen LogP contribution in [0.25, 0.3) is 0 Å². The van der Waals surface area contributed by atoms with Gasteiger partial charge in [-0.25, -0.2) is 13.1 Å². The normalized spacial score (nSPS) is 18.8. The van der Waals surface area contributed by atoms with Crippen LogP contribution in [-0.2, 0) is 16.6 Å². The molecule has 1 aliphatic heterocycles. The third kappa shape index (κ3) is 4.35. The van der Waals surface area contributed by atoms with Gasteiger partial charge in [-0.2, -0.15) is 0 Å². The molecule has 128 valence electrons. The summed E-state index contributed by atoms with van der Waals surface area (Å²) in [6, 6.07) is 15.7. The number of rotatable bonds is 6. The summed E-state index contributed by atoms with van der Waals surface area (Å²) in [5.41, 5.74) is 1.07. The van der Waals surface area contributed by atoms with Crippen molar-refractivity contribution in [2.45, 2.75) is 17.9 Å². The van der Waals surface area contributed by atoms with Crippen LogP contribution in [0.4, 0.5) is 0 Å². The molecule has 1 fully saturated rings. The minimum Gasteiger partial charge on any atom is -0.508 e. The number of phenols is 1. The number of hydrogen-bond donors (Lipinski definition) is 2. The molecule has 5 nitrogen and oxygen atoms in total. The van der Waals surface area contributed by atoms with Crippen LogP contribution in [0.1, 0.15) is 12.0 Å². The second-order valence-corrected chi connectivity index (χ2v) is 7.99. The van der Waals surface area contributed by atoms with Gasteiger partial charge in [-0.05, 0) is 48.7 Å². The molecule has 1 saturated heterocycles. The molecule has 0 spiro atoms. The fraction of sp³-hybridized carbons (Fsp3) is 0.333. The zero-order valence-electron chi connectivity index (χ0n) is 13.4. The number of aromatic hydroxyl groups is 1. The monoisotopic (exact) mass is 346 g/mol. The van der Waals surface area contributed by atoms with Crippen LogP contribution in [0.3, 0.4) is 0 Å². The van der Waals surface area contributed by atoms with Crippen molar-refractivity contribution in [3.63, 3.8) is 0 Å². The first-order chi connectivity index (χ1) is 11.5. The van der Waals surface area contributed by atoms with Crippen molar-refractivity contribution >= 4 is 10.0 Å². The SMILES string of the molecule is O=S(=O)(NC[C@@H]1CCN(Cc2cccc(O)c2)C1)c1ccccc1. The Hall–Kier alpha value is -1.89. The van der Waals surface area contributed by atoms with E-state index in [0.29, 0.717) is 17.4 Å². The molecule has 2 N–H and O–H groups in total. The lowest BCUT2D eigenvalue weighted by atomic mass is 10.1. The lowest BCUT2D eigenvalue weighted by Crippen LogP contribution is -2.31. The molecule has 1 atom stereocenters. The van der Waals surface area contributed by atoms with Crippen LogP contribution in [0, 0.1) is 5.92 Å². The fourth-order valence-electron chi connectivity index (χ4n) is 3.05. The number of benzene rings is 2. The second kappa shape index (κ2) is 7.34. The van der Waals surface area contributed by atoms with E-state index in [9.17, 15) is 13.5 Å². The highest BCUT2D eigenvalue weighted by Gasteiger charge is 2.24. The van der Waals surface area contributed by atoms with Crippen molar-refractivity contribution in [1.29, 1.82) is 0 Å². The van der Waals surface area contributed by atoms with Crippen molar-refractivity contribution in [2.75, 3.05) is 19.6 Å². The van der Waals surface area contributed by atoms with Gasteiger partial charge in [0, 0.05) is 19.6 Å². The molecule has 6 heteroatoms. The van der Waals surface area contributed by atoms with Gasteiger partial charge < -0.3 is 5.11 Å². The zero-order chi connectivity index (χ0) is 17.0. The average molecular weight is 346 g/mol. The van der Waals surface area contributed by atoms with Gasteiger partial charge in [-0.3, -0.25) is 4.90 Å². The van der Waals surface area contributed by atoms with Crippen molar-refractivity contribution in [2.24, 2.45) is 5.92 Å². The number of hydrogen-bond acceptors (Lipinski definition) is 4. The Bertz CT molecular complexity index is 778. The Morgan fingerprint density at radius 2 is 1.92 bits per heavy atom. The van der Waals surface area contributed by atoms with Gasteiger partial charge in [-0.1, -0.05) is 30.3 Å². The Labute approximate surface area is 143 Å². The van der Waals surface area contributed by atoms with Crippen LogP contribution >= 0.6 is 0 Å². The molecule has 0 unspecified atom stereocenters. The Balaban J connectivity index is 1.51. The minimum absolute atomic E-state index is 0.277. The van der Waals surface area contributed by atoms with E-state index >= 15 is 0 Å². The highest BCUT2D eigenvalue weighted by Crippen LogP contribution is 2.20. The number of nitrogens with zero attached hydrogens (tertiary/aromatic N) is 1. The molecule has 1 heterocycles. The van der Waals surface area contributed by atoms with E-state index in [1.165, 1.54) is 0 Å². The van der Waals surface area contributed by atoms with Crippen LogP contribution in [-0.4, -0.2) is 38.1 Å². The van der Waals surface area contributed by atoms with Crippen LogP contribution < -0.4 is 4.72 Å². The summed E-state index contributed by atoms with van der Waals surface area (Å²) in [6.45, 7) is 3.02.